The summed E-state index contributed by atoms with van der Waals surface area (Å²) in [6, 6.07) is 30.4. The van der Waals surface area contributed by atoms with Gasteiger partial charge in [-0.3, -0.25) is 4.79 Å². The quantitative estimate of drug-likeness (QED) is 0.246. The monoisotopic (exact) mass is 523 g/mol. The summed E-state index contributed by atoms with van der Waals surface area (Å²) in [7, 11) is 0. The number of nitrogens with zero attached hydrogens (tertiary/aromatic N) is 2. The fourth-order valence-electron chi connectivity index (χ4n) is 5.31. The van der Waals surface area contributed by atoms with E-state index in [2.05, 4.69) is 65.1 Å². The molecule has 4 aromatic carbocycles. The van der Waals surface area contributed by atoms with Crippen molar-refractivity contribution in [3.05, 3.63) is 120 Å². The number of hydrogen-bond acceptors (Lipinski definition) is 3. The molecule has 0 unspecified atom stereocenters. The average molecular weight is 524 g/mol. The van der Waals surface area contributed by atoms with Crippen molar-refractivity contribution < 1.29 is 9.53 Å². The lowest BCUT2D eigenvalue weighted by Crippen LogP contribution is -2.21. The number of halogens is 1. The van der Waals surface area contributed by atoms with Gasteiger partial charge in [-0.25, -0.2) is 4.98 Å². The SMILES string of the molecule is CC(C)c1cccc(Cn2cnc3ccccc32)c1NC(=O)CC1c2ccccc2Oc2ccccc21.Cl. The molecule has 1 aromatic heterocycles. The van der Waals surface area contributed by atoms with E-state index >= 15 is 0 Å². The fourth-order valence-corrected chi connectivity index (χ4v) is 5.31. The van der Waals surface area contributed by atoms with Crippen molar-refractivity contribution in [2.75, 3.05) is 5.32 Å². The predicted octanol–water partition coefficient (Wildman–Crippen LogP) is 7.90. The van der Waals surface area contributed by atoms with E-state index in [0.717, 1.165) is 50.5 Å². The Kier molecular flexibility index (Phi) is 7.21. The van der Waals surface area contributed by atoms with Crippen LogP contribution in [0.5, 0.6) is 11.5 Å². The molecule has 1 aliphatic rings. The van der Waals surface area contributed by atoms with E-state index in [1.54, 1.807) is 0 Å². The van der Waals surface area contributed by atoms with Gasteiger partial charge in [0, 0.05) is 29.2 Å². The first-order valence-corrected chi connectivity index (χ1v) is 12.8. The highest BCUT2D eigenvalue weighted by Gasteiger charge is 2.29. The summed E-state index contributed by atoms with van der Waals surface area (Å²) in [4.78, 5) is 18.2. The molecule has 1 N–H and O–H groups in total. The molecule has 6 rings (SSSR count). The van der Waals surface area contributed by atoms with Gasteiger partial charge in [-0.2, -0.15) is 0 Å². The highest BCUT2D eigenvalue weighted by Crippen LogP contribution is 2.45. The molecule has 2 heterocycles. The Hall–Kier alpha value is -4.09. The molecule has 5 aromatic rings. The van der Waals surface area contributed by atoms with Crippen LogP contribution in [0.15, 0.2) is 97.3 Å². The van der Waals surface area contributed by atoms with Crippen molar-refractivity contribution in [1.82, 2.24) is 9.55 Å². The van der Waals surface area contributed by atoms with Crippen LogP contribution in [0.25, 0.3) is 11.0 Å². The number of carbonyl (C=O) groups excluding carboxylic acids is 1. The number of benzene rings is 4. The maximum Gasteiger partial charge on any atom is 0.225 e. The van der Waals surface area contributed by atoms with Gasteiger partial charge >= 0.3 is 0 Å². The second-order valence-electron chi connectivity index (χ2n) is 9.88. The van der Waals surface area contributed by atoms with Crippen LogP contribution < -0.4 is 10.1 Å². The molecular formula is C32H30ClN3O2. The van der Waals surface area contributed by atoms with E-state index < -0.39 is 0 Å². The summed E-state index contributed by atoms with van der Waals surface area (Å²) < 4.78 is 8.27. The lowest BCUT2D eigenvalue weighted by molar-refractivity contribution is -0.116. The number of anilines is 1. The van der Waals surface area contributed by atoms with Crippen molar-refractivity contribution in [3.63, 3.8) is 0 Å². The molecular weight excluding hydrogens is 494 g/mol. The third kappa shape index (κ3) is 4.77. The van der Waals surface area contributed by atoms with E-state index in [1.165, 1.54) is 0 Å². The number of amides is 1. The van der Waals surface area contributed by atoms with Crippen LogP contribution in [0.4, 0.5) is 5.69 Å². The molecule has 192 valence electrons. The molecule has 0 atom stereocenters. The predicted molar refractivity (Wildman–Crippen MR) is 155 cm³/mol. The van der Waals surface area contributed by atoms with Crippen LogP contribution in [0, 0.1) is 0 Å². The first kappa shape index (κ1) is 25.6. The summed E-state index contributed by atoms with van der Waals surface area (Å²) in [6.45, 7) is 4.94. The molecule has 6 heteroatoms. The van der Waals surface area contributed by atoms with E-state index in [9.17, 15) is 4.79 Å². The van der Waals surface area contributed by atoms with Gasteiger partial charge in [0.2, 0.25) is 5.91 Å². The standard InChI is InChI=1S/C32H29N3O2.ClH/c1-21(2)23-13-9-10-22(19-35-20-33-27-14-5-6-15-28(27)35)32(23)34-31(36)18-26-24-11-3-7-16-29(24)37-30-17-8-4-12-25(26)30;/h3-17,20-21,26H,18-19H2,1-2H3,(H,34,36);1H. The third-order valence-electron chi connectivity index (χ3n) is 7.14. The van der Waals surface area contributed by atoms with E-state index in [-0.39, 0.29) is 30.2 Å². The maximum absolute atomic E-state index is 13.7. The number of hydrogen-bond donors (Lipinski definition) is 1. The number of carbonyl (C=O) groups is 1. The van der Waals surface area contributed by atoms with Gasteiger partial charge in [0.05, 0.1) is 23.9 Å². The summed E-state index contributed by atoms with van der Waals surface area (Å²) in [5.74, 6) is 1.80. The van der Waals surface area contributed by atoms with Gasteiger partial charge in [-0.1, -0.05) is 80.6 Å². The van der Waals surface area contributed by atoms with Crippen LogP contribution in [0.2, 0.25) is 0 Å². The summed E-state index contributed by atoms with van der Waals surface area (Å²) in [5.41, 5.74) is 7.21. The second-order valence-corrected chi connectivity index (χ2v) is 9.88. The zero-order valence-electron chi connectivity index (χ0n) is 21.4. The van der Waals surface area contributed by atoms with Gasteiger partial charge in [0.15, 0.2) is 0 Å². The molecule has 5 nitrogen and oxygen atoms in total. The lowest BCUT2D eigenvalue weighted by atomic mass is 9.85. The van der Waals surface area contributed by atoms with Crippen molar-refractivity contribution in [2.45, 2.75) is 38.6 Å². The van der Waals surface area contributed by atoms with Crippen molar-refractivity contribution in [3.8, 4) is 11.5 Å². The zero-order valence-corrected chi connectivity index (χ0v) is 22.2. The average Bonchev–Trinajstić information content (AvgIpc) is 3.32. The van der Waals surface area contributed by atoms with Gasteiger partial charge in [0.25, 0.3) is 0 Å². The number of imidazole rings is 1. The van der Waals surface area contributed by atoms with Gasteiger partial charge in [-0.15, -0.1) is 12.4 Å². The number of ether oxygens (including phenoxy) is 1. The Labute approximate surface area is 228 Å². The molecule has 0 spiro atoms. The fraction of sp³-hybridized carbons (Fsp3) is 0.188. The Bertz CT molecular complexity index is 1560. The molecule has 0 bridgehead atoms. The van der Waals surface area contributed by atoms with Crippen LogP contribution in [-0.4, -0.2) is 15.5 Å². The van der Waals surface area contributed by atoms with Crippen LogP contribution in [0.1, 0.15) is 54.4 Å². The summed E-state index contributed by atoms with van der Waals surface area (Å²) in [6.07, 6.45) is 2.20. The topological polar surface area (TPSA) is 56.2 Å². The number of aromatic nitrogens is 2. The Morgan fingerprint density at radius 1 is 0.895 bits per heavy atom. The first-order valence-electron chi connectivity index (χ1n) is 12.8. The molecule has 0 saturated heterocycles. The van der Waals surface area contributed by atoms with Gasteiger partial charge < -0.3 is 14.6 Å². The van der Waals surface area contributed by atoms with E-state index in [1.807, 2.05) is 60.9 Å². The molecule has 0 radical (unpaired) electrons. The molecule has 0 saturated carbocycles. The van der Waals surface area contributed by atoms with Crippen molar-refractivity contribution in [2.24, 2.45) is 0 Å². The largest absolute Gasteiger partial charge is 0.457 e. The number of rotatable bonds is 6. The Morgan fingerprint density at radius 3 is 2.26 bits per heavy atom. The minimum absolute atomic E-state index is 0. The summed E-state index contributed by atoms with van der Waals surface area (Å²) in [5, 5.41) is 3.32. The Morgan fingerprint density at radius 2 is 1.55 bits per heavy atom. The smallest absolute Gasteiger partial charge is 0.225 e. The molecule has 38 heavy (non-hydrogen) atoms. The normalized spacial score (nSPS) is 12.4. The van der Waals surface area contributed by atoms with Gasteiger partial charge in [-0.05, 0) is 41.3 Å². The van der Waals surface area contributed by atoms with Crippen molar-refractivity contribution in [1.29, 1.82) is 0 Å². The Balaban J connectivity index is 0.00000294. The van der Waals surface area contributed by atoms with Crippen LogP contribution in [-0.2, 0) is 11.3 Å². The lowest BCUT2D eigenvalue weighted by Gasteiger charge is -2.28. The summed E-state index contributed by atoms with van der Waals surface area (Å²) >= 11 is 0. The first-order chi connectivity index (χ1) is 18.1. The number of fused-ring (bicyclic) bond motifs is 3. The highest BCUT2D eigenvalue weighted by molar-refractivity contribution is 5.93. The zero-order chi connectivity index (χ0) is 25.4. The van der Waals surface area contributed by atoms with E-state index in [4.69, 9.17) is 4.74 Å². The highest BCUT2D eigenvalue weighted by atomic mass is 35.5. The minimum Gasteiger partial charge on any atom is -0.457 e. The molecule has 1 aliphatic heterocycles. The third-order valence-corrected chi connectivity index (χ3v) is 7.14. The van der Waals surface area contributed by atoms with Crippen LogP contribution >= 0.6 is 12.4 Å². The number of para-hydroxylation sites is 5. The maximum atomic E-state index is 13.7. The van der Waals surface area contributed by atoms with Crippen molar-refractivity contribution >= 4 is 35.0 Å². The second kappa shape index (κ2) is 10.7. The van der Waals surface area contributed by atoms with Crippen LogP contribution in [0.3, 0.4) is 0 Å². The number of nitrogens with one attached hydrogen (secondary N) is 1. The van der Waals surface area contributed by atoms with E-state index in [0.29, 0.717) is 13.0 Å². The minimum atomic E-state index is -0.0756. The molecule has 0 aliphatic carbocycles. The molecule has 1 amide bonds. The molecule has 0 fully saturated rings. The van der Waals surface area contributed by atoms with Gasteiger partial charge in [0.1, 0.15) is 11.5 Å².